The predicted octanol–water partition coefficient (Wildman–Crippen LogP) is 2.88. The van der Waals surface area contributed by atoms with Crippen LogP contribution in [0.15, 0.2) is 46.9 Å². The fourth-order valence-electron chi connectivity index (χ4n) is 4.09. The summed E-state index contributed by atoms with van der Waals surface area (Å²) in [6.07, 6.45) is 0.466. The first-order valence-corrected chi connectivity index (χ1v) is 10.8. The molecule has 4 rings (SSSR count). The molecule has 0 radical (unpaired) electrons. The van der Waals surface area contributed by atoms with Gasteiger partial charge in [0.1, 0.15) is 6.04 Å². The number of piperidine rings is 1. The van der Waals surface area contributed by atoms with Gasteiger partial charge in [0.15, 0.2) is 0 Å². The van der Waals surface area contributed by atoms with E-state index < -0.39 is 17.5 Å². The molecule has 0 saturated carbocycles. The fraction of sp³-hybridized carbons (Fsp3) is 0.304. The summed E-state index contributed by atoms with van der Waals surface area (Å²) >= 11 is 3.41. The zero-order chi connectivity index (χ0) is 22.3. The zero-order valence-electron chi connectivity index (χ0n) is 17.2. The van der Waals surface area contributed by atoms with Crippen molar-refractivity contribution in [2.24, 2.45) is 0 Å². The molecule has 7 nitrogen and oxygen atoms in total. The van der Waals surface area contributed by atoms with E-state index in [0.29, 0.717) is 11.1 Å². The third-order valence-corrected chi connectivity index (χ3v) is 6.32. The second-order valence-corrected chi connectivity index (χ2v) is 9.24. The number of rotatable bonds is 4. The van der Waals surface area contributed by atoms with Gasteiger partial charge < -0.3 is 10.2 Å². The van der Waals surface area contributed by atoms with E-state index in [2.05, 4.69) is 26.6 Å². The standard InChI is InChI=1S/C23H22BrN3O4/c1-23(2,14-6-8-15(24)9-7-14)26-20(29)16-5-3-4-13-12-27(22(31)19(13)16)17-10-11-18(28)25-21(17)30/h3-9,17H,10-12H2,1-2H3,(H,26,29)(H,25,28,30). The lowest BCUT2D eigenvalue weighted by Gasteiger charge is -2.29. The molecule has 0 aromatic heterocycles. The minimum Gasteiger partial charge on any atom is -0.343 e. The highest BCUT2D eigenvalue weighted by Crippen LogP contribution is 2.31. The molecule has 160 valence electrons. The van der Waals surface area contributed by atoms with Crippen LogP contribution in [0.2, 0.25) is 0 Å². The average molecular weight is 484 g/mol. The number of carbonyl (C=O) groups excluding carboxylic acids is 4. The molecule has 2 aliphatic heterocycles. The molecule has 0 spiro atoms. The van der Waals surface area contributed by atoms with E-state index in [1.54, 1.807) is 18.2 Å². The monoisotopic (exact) mass is 483 g/mol. The fourth-order valence-corrected chi connectivity index (χ4v) is 4.36. The molecule has 8 heteroatoms. The van der Waals surface area contributed by atoms with E-state index in [9.17, 15) is 19.2 Å². The number of carbonyl (C=O) groups is 4. The smallest absolute Gasteiger partial charge is 0.256 e. The van der Waals surface area contributed by atoms with Gasteiger partial charge in [0.2, 0.25) is 11.8 Å². The summed E-state index contributed by atoms with van der Waals surface area (Å²) in [4.78, 5) is 51.5. The molecule has 31 heavy (non-hydrogen) atoms. The van der Waals surface area contributed by atoms with Crippen LogP contribution in [0.5, 0.6) is 0 Å². The third-order valence-electron chi connectivity index (χ3n) is 5.79. The van der Waals surface area contributed by atoms with Crippen molar-refractivity contribution in [3.63, 3.8) is 0 Å². The highest BCUT2D eigenvalue weighted by molar-refractivity contribution is 9.10. The summed E-state index contributed by atoms with van der Waals surface area (Å²) in [5, 5.41) is 5.31. The molecule has 1 unspecified atom stereocenters. The number of nitrogens with one attached hydrogen (secondary N) is 2. The van der Waals surface area contributed by atoms with E-state index in [1.165, 1.54) is 4.90 Å². The Bertz CT molecular complexity index is 1090. The SMILES string of the molecule is CC(C)(NC(=O)c1cccc2c1C(=O)N(C1CCC(=O)NC1=O)C2)c1ccc(Br)cc1. The number of hydrogen-bond donors (Lipinski definition) is 2. The summed E-state index contributed by atoms with van der Waals surface area (Å²) in [5.41, 5.74) is 1.56. The van der Waals surface area contributed by atoms with Crippen LogP contribution in [0.25, 0.3) is 0 Å². The van der Waals surface area contributed by atoms with Crippen LogP contribution < -0.4 is 10.6 Å². The van der Waals surface area contributed by atoms with Gasteiger partial charge in [0.05, 0.1) is 16.7 Å². The van der Waals surface area contributed by atoms with Crippen molar-refractivity contribution < 1.29 is 19.2 Å². The Balaban J connectivity index is 1.59. The summed E-state index contributed by atoms with van der Waals surface area (Å²) < 4.78 is 0.943. The first-order valence-electron chi connectivity index (χ1n) is 10.0. The minimum absolute atomic E-state index is 0.186. The third kappa shape index (κ3) is 3.99. The maximum Gasteiger partial charge on any atom is 0.256 e. The average Bonchev–Trinajstić information content (AvgIpc) is 3.04. The van der Waals surface area contributed by atoms with Gasteiger partial charge in [-0.2, -0.15) is 0 Å². The number of amides is 4. The molecule has 2 heterocycles. The quantitative estimate of drug-likeness (QED) is 0.653. The molecular weight excluding hydrogens is 462 g/mol. The molecular formula is C23H22BrN3O4. The Morgan fingerprint density at radius 2 is 1.84 bits per heavy atom. The lowest BCUT2D eigenvalue weighted by molar-refractivity contribution is -0.136. The molecule has 0 aliphatic carbocycles. The van der Waals surface area contributed by atoms with Gasteiger partial charge in [-0.05, 0) is 49.6 Å². The van der Waals surface area contributed by atoms with Crippen molar-refractivity contribution in [3.05, 3.63) is 69.2 Å². The molecule has 0 bridgehead atoms. The number of nitrogens with zero attached hydrogens (tertiary/aromatic N) is 1. The van der Waals surface area contributed by atoms with Crippen molar-refractivity contribution in [2.45, 2.75) is 44.8 Å². The second kappa shape index (κ2) is 7.92. The Morgan fingerprint density at radius 1 is 1.13 bits per heavy atom. The van der Waals surface area contributed by atoms with Crippen molar-refractivity contribution in [1.82, 2.24) is 15.5 Å². The van der Waals surface area contributed by atoms with Crippen LogP contribution >= 0.6 is 15.9 Å². The molecule has 4 amide bonds. The maximum atomic E-state index is 13.2. The number of hydrogen-bond acceptors (Lipinski definition) is 4. The largest absolute Gasteiger partial charge is 0.343 e. The lowest BCUT2D eigenvalue weighted by Crippen LogP contribution is -2.52. The van der Waals surface area contributed by atoms with Gasteiger partial charge in [-0.15, -0.1) is 0 Å². The molecule has 1 fully saturated rings. The zero-order valence-corrected chi connectivity index (χ0v) is 18.8. The van der Waals surface area contributed by atoms with E-state index in [-0.39, 0.29) is 42.7 Å². The topological polar surface area (TPSA) is 95.6 Å². The van der Waals surface area contributed by atoms with Crippen molar-refractivity contribution in [1.29, 1.82) is 0 Å². The highest BCUT2D eigenvalue weighted by Gasteiger charge is 2.41. The molecule has 2 aliphatic rings. The molecule has 1 atom stereocenters. The van der Waals surface area contributed by atoms with E-state index in [0.717, 1.165) is 10.0 Å². The first kappa shape index (κ1) is 21.2. The Kier molecular flexibility index (Phi) is 5.43. The van der Waals surface area contributed by atoms with Crippen molar-refractivity contribution >= 4 is 39.6 Å². The van der Waals surface area contributed by atoms with Gasteiger partial charge in [-0.1, -0.05) is 40.2 Å². The van der Waals surface area contributed by atoms with Crippen LogP contribution in [-0.2, 0) is 21.7 Å². The van der Waals surface area contributed by atoms with Crippen LogP contribution in [0.1, 0.15) is 58.5 Å². The van der Waals surface area contributed by atoms with Crippen LogP contribution in [0.3, 0.4) is 0 Å². The van der Waals surface area contributed by atoms with Crippen molar-refractivity contribution in [2.75, 3.05) is 0 Å². The number of halogens is 1. The first-order chi connectivity index (χ1) is 14.7. The van der Waals surface area contributed by atoms with Gasteiger partial charge in [0.25, 0.3) is 11.8 Å². The van der Waals surface area contributed by atoms with E-state index in [4.69, 9.17) is 0 Å². The Hall–Kier alpha value is -3.00. The minimum atomic E-state index is -0.715. The van der Waals surface area contributed by atoms with Gasteiger partial charge >= 0.3 is 0 Å². The Labute approximate surface area is 188 Å². The number of benzene rings is 2. The highest BCUT2D eigenvalue weighted by atomic mass is 79.9. The summed E-state index contributed by atoms with van der Waals surface area (Å²) in [6.45, 7) is 4.03. The lowest BCUT2D eigenvalue weighted by atomic mass is 9.93. The predicted molar refractivity (Wildman–Crippen MR) is 117 cm³/mol. The van der Waals surface area contributed by atoms with Gasteiger partial charge in [-0.25, -0.2) is 0 Å². The summed E-state index contributed by atoms with van der Waals surface area (Å²) in [6, 6.07) is 12.1. The van der Waals surface area contributed by atoms with E-state index in [1.807, 2.05) is 38.1 Å². The summed E-state index contributed by atoms with van der Waals surface area (Å²) in [7, 11) is 0. The number of fused-ring (bicyclic) bond motifs is 1. The van der Waals surface area contributed by atoms with Crippen molar-refractivity contribution in [3.8, 4) is 0 Å². The van der Waals surface area contributed by atoms with Gasteiger partial charge in [-0.3, -0.25) is 24.5 Å². The summed E-state index contributed by atoms with van der Waals surface area (Å²) in [5.74, 6) is -1.53. The van der Waals surface area contributed by atoms with Gasteiger partial charge in [0, 0.05) is 17.4 Å². The van der Waals surface area contributed by atoms with Crippen LogP contribution in [0, 0.1) is 0 Å². The van der Waals surface area contributed by atoms with Crippen LogP contribution in [0.4, 0.5) is 0 Å². The molecule has 2 aromatic carbocycles. The van der Waals surface area contributed by atoms with E-state index >= 15 is 0 Å². The molecule has 2 N–H and O–H groups in total. The molecule has 1 saturated heterocycles. The second-order valence-electron chi connectivity index (χ2n) is 8.33. The normalized spacial score (nSPS) is 18.6. The number of imide groups is 1. The van der Waals surface area contributed by atoms with Crippen LogP contribution in [-0.4, -0.2) is 34.6 Å². The molecule has 2 aromatic rings. The Morgan fingerprint density at radius 3 is 2.52 bits per heavy atom. The maximum absolute atomic E-state index is 13.2.